The summed E-state index contributed by atoms with van der Waals surface area (Å²) in [5.74, 6) is 0. The van der Waals surface area contributed by atoms with Crippen LogP contribution in [0.4, 0.5) is 0 Å². The first-order chi connectivity index (χ1) is 8.26. The fourth-order valence-corrected chi connectivity index (χ4v) is 1.62. The van der Waals surface area contributed by atoms with Gasteiger partial charge in [0, 0.05) is 5.56 Å². The molecule has 84 valence electrons. The molecule has 0 aliphatic rings. The van der Waals surface area contributed by atoms with E-state index >= 15 is 0 Å². The Bertz CT molecular complexity index is 620. The zero-order valence-electron chi connectivity index (χ0n) is 9.40. The monoisotopic (exact) mass is 225 g/mol. The molecular weight excluding hydrogens is 214 g/mol. The molecule has 2 aromatic rings. The van der Waals surface area contributed by atoms with E-state index in [2.05, 4.69) is 16.9 Å². The Kier molecular flexibility index (Phi) is 3.01. The Labute approximate surface area is 98.6 Å². The highest BCUT2D eigenvalue weighted by Gasteiger charge is 2.09. The minimum Gasteiger partial charge on any atom is -0.312 e. The van der Waals surface area contributed by atoms with Crippen molar-refractivity contribution >= 4 is 0 Å². The van der Waals surface area contributed by atoms with E-state index in [0.29, 0.717) is 5.69 Å². The Hall–Kier alpha value is -2.41. The molecule has 17 heavy (non-hydrogen) atoms. The van der Waals surface area contributed by atoms with Crippen molar-refractivity contribution in [1.29, 1.82) is 5.26 Å². The largest absolute Gasteiger partial charge is 0.312 e. The SMILES string of the molecule is CCc1ccc(-c2nc[nH]c(=O)c2C#N)cc1. The maximum absolute atomic E-state index is 11.4. The third kappa shape index (κ3) is 2.08. The van der Waals surface area contributed by atoms with Gasteiger partial charge in [-0.15, -0.1) is 0 Å². The van der Waals surface area contributed by atoms with Gasteiger partial charge in [0.1, 0.15) is 11.6 Å². The van der Waals surface area contributed by atoms with E-state index in [-0.39, 0.29) is 5.56 Å². The fourth-order valence-electron chi connectivity index (χ4n) is 1.62. The molecule has 0 radical (unpaired) electrons. The lowest BCUT2D eigenvalue weighted by atomic mass is 10.0. The summed E-state index contributed by atoms with van der Waals surface area (Å²) < 4.78 is 0. The Balaban J connectivity index is 2.57. The lowest BCUT2D eigenvalue weighted by Gasteiger charge is -2.03. The highest BCUT2D eigenvalue weighted by molar-refractivity contribution is 5.65. The summed E-state index contributed by atoms with van der Waals surface area (Å²) in [5.41, 5.74) is 2.06. The molecule has 0 fully saturated rings. The smallest absolute Gasteiger partial charge is 0.269 e. The molecule has 0 atom stereocenters. The lowest BCUT2D eigenvalue weighted by Crippen LogP contribution is -2.12. The third-order valence-electron chi connectivity index (χ3n) is 2.60. The van der Waals surface area contributed by atoms with Gasteiger partial charge < -0.3 is 4.98 Å². The molecule has 1 aromatic carbocycles. The first kappa shape index (κ1) is 11.1. The molecule has 0 bridgehead atoms. The molecule has 2 rings (SSSR count). The zero-order valence-corrected chi connectivity index (χ0v) is 9.40. The van der Waals surface area contributed by atoms with Crippen molar-refractivity contribution in [3.8, 4) is 17.3 Å². The molecule has 0 spiro atoms. The number of nitrogens with one attached hydrogen (secondary N) is 1. The van der Waals surface area contributed by atoms with Crippen molar-refractivity contribution in [1.82, 2.24) is 9.97 Å². The van der Waals surface area contributed by atoms with Gasteiger partial charge in [0.25, 0.3) is 5.56 Å². The van der Waals surface area contributed by atoms with Gasteiger partial charge in [-0.3, -0.25) is 4.79 Å². The van der Waals surface area contributed by atoms with E-state index in [4.69, 9.17) is 5.26 Å². The highest BCUT2D eigenvalue weighted by atomic mass is 16.1. The number of aryl methyl sites for hydroxylation is 1. The van der Waals surface area contributed by atoms with Crippen LogP contribution in [-0.4, -0.2) is 9.97 Å². The van der Waals surface area contributed by atoms with Gasteiger partial charge in [-0.2, -0.15) is 5.26 Å². The van der Waals surface area contributed by atoms with Crippen molar-refractivity contribution in [3.05, 3.63) is 52.1 Å². The molecule has 1 aromatic heterocycles. The second-order valence-electron chi connectivity index (χ2n) is 3.62. The van der Waals surface area contributed by atoms with E-state index < -0.39 is 5.56 Å². The maximum atomic E-state index is 11.4. The van der Waals surface area contributed by atoms with Crippen LogP contribution >= 0.6 is 0 Å². The average Bonchev–Trinajstić information content (AvgIpc) is 2.38. The molecule has 0 unspecified atom stereocenters. The molecule has 1 heterocycles. The number of hydrogen-bond donors (Lipinski definition) is 1. The van der Waals surface area contributed by atoms with E-state index in [9.17, 15) is 4.79 Å². The molecule has 0 saturated carbocycles. The predicted octanol–water partition coefficient (Wildman–Crippen LogP) is 1.87. The molecule has 0 aliphatic heterocycles. The van der Waals surface area contributed by atoms with Crippen LogP contribution in [0, 0.1) is 11.3 Å². The number of nitrogens with zero attached hydrogens (tertiary/aromatic N) is 2. The number of H-pyrrole nitrogens is 1. The van der Waals surface area contributed by atoms with E-state index in [1.54, 1.807) is 0 Å². The summed E-state index contributed by atoms with van der Waals surface area (Å²) in [7, 11) is 0. The Morgan fingerprint density at radius 1 is 1.35 bits per heavy atom. The number of nitriles is 1. The highest BCUT2D eigenvalue weighted by Crippen LogP contribution is 2.18. The van der Waals surface area contributed by atoms with Crippen molar-refractivity contribution in [2.75, 3.05) is 0 Å². The fraction of sp³-hybridized carbons (Fsp3) is 0.154. The lowest BCUT2D eigenvalue weighted by molar-refractivity contribution is 1.10. The van der Waals surface area contributed by atoms with E-state index in [1.807, 2.05) is 30.3 Å². The number of aromatic amines is 1. The topological polar surface area (TPSA) is 69.5 Å². The van der Waals surface area contributed by atoms with Crippen molar-refractivity contribution in [2.24, 2.45) is 0 Å². The first-order valence-corrected chi connectivity index (χ1v) is 5.33. The van der Waals surface area contributed by atoms with Crippen LogP contribution in [0.5, 0.6) is 0 Å². The molecular formula is C13H11N3O. The van der Waals surface area contributed by atoms with Gasteiger partial charge >= 0.3 is 0 Å². The number of benzene rings is 1. The van der Waals surface area contributed by atoms with Crippen LogP contribution in [0.15, 0.2) is 35.4 Å². The van der Waals surface area contributed by atoms with Gasteiger partial charge in [-0.05, 0) is 12.0 Å². The summed E-state index contributed by atoms with van der Waals surface area (Å²) >= 11 is 0. The number of rotatable bonds is 2. The molecule has 4 heteroatoms. The minimum absolute atomic E-state index is 0.0525. The summed E-state index contributed by atoms with van der Waals surface area (Å²) in [4.78, 5) is 17.9. The molecule has 1 N–H and O–H groups in total. The first-order valence-electron chi connectivity index (χ1n) is 5.33. The third-order valence-corrected chi connectivity index (χ3v) is 2.60. The van der Waals surface area contributed by atoms with Crippen LogP contribution in [0.25, 0.3) is 11.3 Å². The molecule has 4 nitrogen and oxygen atoms in total. The van der Waals surface area contributed by atoms with Gasteiger partial charge in [0.2, 0.25) is 0 Å². The molecule has 0 amide bonds. The summed E-state index contributed by atoms with van der Waals surface area (Å²) in [6.45, 7) is 2.07. The van der Waals surface area contributed by atoms with Crippen LogP contribution in [0.3, 0.4) is 0 Å². The van der Waals surface area contributed by atoms with Gasteiger partial charge in [0.15, 0.2) is 0 Å². The minimum atomic E-state index is -0.405. The summed E-state index contributed by atoms with van der Waals surface area (Å²) in [6, 6.07) is 9.58. The number of hydrogen-bond acceptors (Lipinski definition) is 3. The zero-order chi connectivity index (χ0) is 12.3. The maximum Gasteiger partial charge on any atom is 0.269 e. The van der Waals surface area contributed by atoms with E-state index in [1.165, 1.54) is 11.9 Å². The van der Waals surface area contributed by atoms with Crippen LogP contribution in [-0.2, 0) is 6.42 Å². The van der Waals surface area contributed by atoms with Crippen LogP contribution in [0.1, 0.15) is 18.1 Å². The van der Waals surface area contributed by atoms with Crippen molar-refractivity contribution in [2.45, 2.75) is 13.3 Å². The predicted molar refractivity (Wildman–Crippen MR) is 64.4 cm³/mol. The molecule has 0 aliphatic carbocycles. The van der Waals surface area contributed by atoms with Gasteiger partial charge in [-0.25, -0.2) is 4.98 Å². The second-order valence-corrected chi connectivity index (χ2v) is 3.62. The Morgan fingerprint density at radius 2 is 2.06 bits per heavy atom. The van der Waals surface area contributed by atoms with Gasteiger partial charge in [-0.1, -0.05) is 31.2 Å². The average molecular weight is 225 g/mol. The second kappa shape index (κ2) is 4.62. The summed E-state index contributed by atoms with van der Waals surface area (Å²) in [5, 5.41) is 8.95. The van der Waals surface area contributed by atoms with Crippen LogP contribution < -0.4 is 5.56 Å². The quantitative estimate of drug-likeness (QED) is 0.848. The summed E-state index contributed by atoms with van der Waals surface area (Å²) in [6.07, 6.45) is 2.26. The van der Waals surface area contributed by atoms with Crippen LogP contribution in [0.2, 0.25) is 0 Å². The number of aromatic nitrogens is 2. The van der Waals surface area contributed by atoms with E-state index in [0.717, 1.165) is 12.0 Å². The van der Waals surface area contributed by atoms with Crippen molar-refractivity contribution < 1.29 is 0 Å². The normalized spacial score (nSPS) is 9.88. The Morgan fingerprint density at radius 3 is 2.65 bits per heavy atom. The van der Waals surface area contributed by atoms with Crippen molar-refractivity contribution in [3.63, 3.8) is 0 Å². The standard InChI is InChI=1S/C13H11N3O/c1-2-9-3-5-10(6-4-9)12-11(7-14)13(17)16-8-15-12/h3-6,8H,2H2,1H3,(H,15,16,17). The molecule has 0 saturated heterocycles. The van der Waals surface area contributed by atoms with Gasteiger partial charge in [0.05, 0.1) is 12.0 Å².